The first kappa shape index (κ1) is 23.5. The van der Waals surface area contributed by atoms with Gasteiger partial charge in [0.15, 0.2) is 0 Å². The molecule has 0 amide bonds. The lowest BCUT2D eigenvalue weighted by molar-refractivity contribution is -0.148. The second-order valence-corrected chi connectivity index (χ2v) is 9.71. The van der Waals surface area contributed by atoms with Crippen molar-refractivity contribution < 1.29 is 24.9 Å². The summed E-state index contributed by atoms with van der Waals surface area (Å²) >= 11 is 2.15. The van der Waals surface area contributed by atoms with Gasteiger partial charge in [0.25, 0.3) is 0 Å². The molecule has 0 aliphatic heterocycles. The standard InChI is InChI=1S/C19H32O5S2/c1-3-4-5-6-7-8-9-14-10-11-15(20)17(14)25-13-12-16(21)26-19(2,24)18(22)23/h8-9,14,16-17,21,24H,3-7,10-13H2,1-2H3,(H,22,23)/t14-,16?,17+,19?/m0/s1. The molecule has 0 aromatic rings. The molecular formula is C19H32O5S2. The van der Waals surface area contributed by atoms with Crippen molar-refractivity contribution in [1.82, 2.24) is 0 Å². The first-order valence-electron chi connectivity index (χ1n) is 9.40. The average Bonchev–Trinajstić information content (AvgIpc) is 2.90. The fourth-order valence-electron chi connectivity index (χ4n) is 2.89. The third kappa shape index (κ3) is 8.46. The van der Waals surface area contributed by atoms with Gasteiger partial charge in [0.2, 0.25) is 4.93 Å². The van der Waals surface area contributed by atoms with Crippen LogP contribution in [0.2, 0.25) is 0 Å². The predicted octanol–water partition coefficient (Wildman–Crippen LogP) is 3.83. The van der Waals surface area contributed by atoms with Gasteiger partial charge in [-0.25, -0.2) is 4.79 Å². The maximum Gasteiger partial charge on any atom is 0.346 e. The zero-order valence-electron chi connectivity index (χ0n) is 15.7. The molecule has 1 aliphatic rings. The first-order chi connectivity index (χ1) is 12.3. The zero-order valence-corrected chi connectivity index (χ0v) is 17.4. The highest BCUT2D eigenvalue weighted by Gasteiger charge is 2.35. The number of carbonyl (C=O) groups excluding carboxylic acids is 1. The molecule has 0 radical (unpaired) electrons. The van der Waals surface area contributed by atoms with Gasteiger partial charge in [-0.05, 0) is 44.3 Å². The quantitative estimate of drug-likeness (QED) is 0.244. The Morgan fingerprint density at radius 2 is 2.12 bits per heavy atom. The number of hydrogen-bond donors (Lipinski definition) is 3. The molecule has 1 saturated carbocycles. The van der Waals surface area contributed by atoms with Crippen LogP contribution in [0.25, 0.3) is 0 Å². The average molecular weight is 405 g/mol. The van der Waals surface area contributed by atoms with E-state index in [1.165, 1.54) is 37.4 Å². The van der Waals surface area contributed by atoms with E-state index in [0.717, 1.165) is 19.8 Å². The maximum atomic E-state index is 12.1. The minimum Gasteiger partial charge on any atom is -0.478 e. The number of rotatable bonds is 13. The number of thioether (sulfide) groups is 2. The van der Waals surface area contributed by atoms with Gasteiger partial charge in [-0.15, -0.1) is 11.8 Å². The van der Waals surface area contributed by atoms with Crippen molar-refractivity contribution >= 4 is 35.3 Å². The van der Waals surface area contributed by atoms with Gasteiger partial charge in [0, 0.05) is 6.42 Å². The highest BCUT2D eigenvalue weighted by molar-refractivity contribution is 8.02. The van der Waals surface area contributed by atoms with E-state index in [1.54, 1.807) is 0 Å². The number of Topliss-reactive ketones (excluding diaryl/α,β-unsaturated/α-hetero) is 1. The minimum absolute atomic E-state index is 0.0703. The Bertz CT molecular complexity index is 479. The number of aliphatic hydroxyl groups is 2. The zero-order chi connectivity index (χ0) is 19.6. The fourth-order valence-corrected chi connectivity index (χ4v) is 5.29. The number of allylic oxidation sites excluding steroid dienone is 2. The van der Waals surface area contributed by atoms with E-state index in [0.29, 0.717) is 30.4 Å². The Kier molecular flexibility index (Phi) is 10.9. The van der Waals surface area contributed by atoms with Crippen molar-refractivity contribution in [1.29, 1.82) is 0 Å². The predicted molar refractivity (Wildman–Crippen MR) is 108 cm³/mol. The summed E-state index contributed by atoms with van der Waals surface area (Å²) in [6, 6.07) is 0. The molecule has 0 aromatic carbocycles. The molecule has 0 heterocycles. The lowest BCUT2D eigenvalue weighted by atomic mass is 10.1. The van der Waals surface area contributed by atoms with Crippen molar-refractivity contribution in [3.8, 4) is 0 Å². The number of hydrogen-bond acceptors (Lipinski definition) is 6. The summed E-state index contributed by atoms with van der Waals surface area (Å²) in [5.74, 6) is -0.300. The Morgan fingerprint density at radius 3 is 2.77 bits per heavy atom. The summed E-state index contributed by atoms with van der Waals surface area (Å²) < 4.78 is 0. The summed E-state index contributed by atoms with van der Waals surface area (Å²) in [7, 11) is 0. The van der Waals surface area contributed by atoms with Gasteiger partial charge in [-0.2, -0.15) is 0 Å². The van der Waals surface area contributed by atoms with Gasteiger partial charge in [0.1, 0.15) is 11.2 Å². The molecule has 0 bridgehead atoms. The van der Waals surface area contributed by atoms with Crippen LogP contribution in [0.5, 0.6) is 0 Å². The number of aliphatic carboxylic acids is 1. The largest absolute Gasteiger partial charge is 0.478 e. The Balaban J connectivity index is 2.35. The van der Waals surface area contributed by atoms with Crippen LogP contribution in [0, 0.1) is 5.92 Å². The topological polar surface area (TPSA) is 94.8 Å². The van der Waals surface area contributed by atoms with Gasteiger partial charge in [-0.3, -0.25) is 4.79 Å². The van der Waals surface area contributed by atoms with Crippen molar-refractivity contribution in [3.05, 3.63) is 12.2 Å². The first-order valence-corrected chi connectivity index (χ1v) is 11.3. The number of aliphatic hydroxyl groups excluding tert-OH is 1. The summed E-state index contributed by atoms with van der Waals surface area (Å²) in [4.78, 5) is 21.0. The lowest BCUT2D eigenvalue weighted by Gasteiger charge is -2.21. The number of ketones is 1. The van der Waals surface area contributed by atoms with Gasteiger partial charge >= 0.3 is 5.97 Å². The molecule has 150 valence electrons. The second-order valence-electron chi connectivity index (χ2n) is 6.89. The van der Waals surface area contributed by atoms with Crippen LogP contribution in [0.15, 0.2) is 12.2 Å². The van der Waals surface area contributed by atoms with Crippen LogP contribution in [-0.2, 0) is 9.59 Å². The van der Waals surface area contributed by atoms with Crippen LogP contribution in [0.1, 0.15) is 65.2 Å². The third-order valence-corrected chi connectivity index (χ3v) is 7.05. The van der Waals surface area contributed by atoms with E-state index in [-0.39, 0.29) is 17.0 Å². The SMILES string of the molecule is CCCCCCC=C[C@H]1CCC(=O)[C@@H]1SCCC(O)SC(C)(O)C(=O)O. The van der Waals surface area contributed by atoms with Gasteiger partial charge in [-0.1, -0.05) is 50.1 Å². The van der Waals surface area contributed by atoms with E-state index >= 15 is 0 Å². The van der Waals surface area contributed by atoms with Crippen molar-refractivity contribution in [2.24, 2.45) is 5.92 Å². The van der Waals surface area contributed by atoms with E-state index in [1.807, 2.05) is 0 Å². The van der Waals surface area contributed by atoms with Gasteiger partial charge in [0.05, 0.1) is 5.25 Å². The third-order valence-electron chi connectivity index (χ3n) is 4.46. The molecule has 1 fully saturated rings. The summed E-state index contributed by atoms with van der Waals surface area (Å²) in [6.07, 6.45) is 12.2. The fraction of sp³-hybridized carbons (Fsp3) is 0.789. The number of carboxylic acids is 1. The molecule has 7 heteroatoms. The second kappa shape index (κ2) is 12.1. The Labute approximate surface area is 165 Å². The van der Waals surface area contributed by atoms with Crippen molar-refractivity contribution in [3.63, 3.8) is 0 Å². The van der Waals surface area contributed by atoms with Crippen molar-refractivity contribution in [2.45, 2.75) is 80.8 Å². The number of unbranched alkanes of at least 4 members (excludes halogenated alkanes) is 4. The van der Waals surface area contributed by atoms with Crippen LogP contribution >= 0.6 is 23.5 Å². The molecular weight excluding hydrogens is 372 g/mol. The molecule has 3 N–H and O–H groups in total. The summed E-state index contributed by atoms with van der Waals surface area (Å²) in [5.41, 5.74) is -0.974. The maximum absolute atomic E-state index is 12.1. The van der Waals surface area contributed by atoms with Crippen LogP contribution < -0.4 is 0 Å². The summed E-state index contributed by atoms with van der Waals surface area (Å²) in [6.45, 7) is 3.35. The van der Waals surface area contributed by atoms with Crippen LogP contribution in [-0.4, -0.2) is 48.4 Å². The molecule has 1 aliphatic carbocycles. The molecule has 0 spiro atoms. The van der Waals surface area contributed by atoms with Crippen LogP contribution in [0.4, 0.5) is 0 Å². The molecule has 0 aromatic heterocycles. The molecule has 5 nitrogen and oxygen atoms in total. The normalized spacial score (nSPS) is 24.1. The molecule has 0 saturated heterocycles. The lowest BCUT2D eigenvalue weighted by Crippen LogP contribution is -2.33. The van der Waals surface area contributed by atoms with Crippen LogP contribution in [0.3, 0.4) is 0 Å². The molecule has 4 atom stereocenters. The van der Waals surface area contributed by atoms with Gasteiger partial charge < -0.3 is 15.3 Å². The van der Waals surface area contributed by atoms with E-state index < -0.39 is 16.3 Å². The van der Waals surface area contributed by atoms with E-state index in [4.69, 9.17) is 5.11 Å². The smallest absolute Gasteiger partial charge is 0.346 e. The molecule has 1 rings (SSSR count). The Hall–Kier alpha value is -0.500. The minimum atomic E-state index is -2.00. The van der Waals surface area contributed by atoms with Crippen molar-refractivity contribution in [2.75, 3.05) is 5.75 Å². The summed E-state index contributed by atoms with van der Waals surface area (Å²) in [5, 5.41) is 28.4. The van der Waals surface area contributed by atoms with E-state index in [9.17, 15) is 19.8 Å². The number of carboxylic acid groups (broad SMARTS) is 1. The van der Waals surface area contributed by atoms with E-state index in [2.05, 4.69) is 19.1 Å². The number of carbonyl (C=O) groups is 2. The monoisotopic (exact) mass is 404 g/mol. The Morgan fingerprint density at radius 1 is 1.38 bits per heavy atom. The highest BCUT2D eigenvalue weighted by Crippen LogP contribution is 2.35. The molecule has 2 unspecified atom stereocenters. The highest BCUT2D eigenvalue weighted by atomic mass is 32.2. The molecule has 26 heavy (non-hydrogen) atoms.